The molecule has 0 spiro atoms. The Hall–Kier alpha value is -2.98. The van der Waals surface area contributed by atoms with Crippen LogP contribution in [0.5, 0.6) is 0 Å². The van der Waals surface area contributed by atoms with Crippen LogP contribution in [0.3, 0.4) is 0 Å². The number of unbranched alkanes of at least 4 members (excludes halogenated alkanes) is 9. The summed E-state index contributed by atoms with van der Waals surface area (Å²) in [6.45, 7) is 3.68. The number of aliphatic hydroxyl groups excluding tert-OH is 3. The van der Waals surface area contributed by atoms with E-state index in [4.69, 9.17) is 23.5 Å². The molecule has 0 bridgehead atoms. The average molecular weight is 893 g/mol. The fourth-order valence-electron chi connectivity index (χ4n) is 6.22. The Labute approximate surface area is 374 Å². The van der Waals surface area contributed by atoms with Crippen LogP contribution in [0.2, 0.25) is 0 Å². The van der Waals surface area contributed by atoms with Gasteiger partial charge in [-0.05, 0) is 89.9 Å². The van der Waals surface area contributed by atoms with Crippen molar-refractivity contribution in [3.63, 3.8) is 0 Å². The van der Waals surface area contributed by atoms with Gasteiger partial charge in [0.2, 0.25) is 0 Å². The second-order valence-corrected chi connectivity index (χ2v) is 16.3. The minimum Gasteiger partial charge on any atom is -0.457 e. The predicted molar refractivity (Wildman–Crippen MR) is 248 cm³/mol. The van der Waals surface area contributed by atoms with E-state index in [1.54, 1.807) is 0 Å². The number of allylic oxidation sites excluding steroid dienone is 16. The van der Waals surface area contributed by atoms with Crippen LogP contribution >= 0.6 is 0 Å². The average Bonchev–Trinajstić information content (AvgIpc) is 3.24. The van der Waals surface area contributed by atoms with Crippen molar-refractivity contribution in [3.05, 3.63) is 97.2 Å². The van der Waals surface area contributed by atoms with Gasteiger partial charge in [0.15, 0.2) is 6.29 Å². The lowest BCUT2D eigenvalue weighted by Crippen LogP contribution is -2.60. The minimum absolute atomic E-state index is 0.00411. The molecule has 0 aliphatic carbocycles. The van der Waals surface area contributed by atoms with Crippen LogP contribution in [0.15, 0.2) is 97.2 Å². The SMILES string of the molecule is CC/C=C\C/C=C\C/C=C\C/C=C\C/C=C\C/C=C\C/C=C\CCCCOCC(COC1OC(CO)C(O)C(OS(=O)(=O)O)C1O)OC(=O)CCCCCCC/C=C\CCCC. The van der Waals surface area contributed by atoms with E-state index in [1.165, 1.54) is 12.8 Å². The quantitative estimate of drug-likeness (QED) is 0.0200. The molecule has 0 aromatic heterocycles. The van der Waals surface area contributed by atoms with Gasteiger partial charge in [-0.15, -0.1) is 0 Å². The van der Waals surface area contributed by atoms with Gasteiger partial charge < -0.3 is 34.3 Å². The fourth-order valence-corrected chi connectivity index (χ4v) is 6.73. The van der Waals surface area contributed by atoms with Crippen LogP contribution in [0.4, 0.5) is 0 Å². The van der Waals surface area contributed by atoms with Gasteiger partial charge in [-0.1, -0.05) is 143 Å². The Morgan fingerprint density at radius 1 is 0.629 bits per heavy atom. The molecule has 0 saturated carbocycles. The molecule has 0 radical (unpaired) electrons. The maximum atomic E-state index is 12.8. The second-order valence-electron chi connectivity index (χ2n) is 15.3. The molecule has 0 amide bonds. The van der Waals surface area contributed by atoms with Gasteiger partial charge in [-0.25, -0.2) is 4.18 Å². The third kappa shape index (κ3) is 32.7. The van der Waals surface area contributed by atoms with E-state index in [1.807, 2.05) is 0 Å². The molecule has 6 unspecified atom stereocenters. The molecule has 6 atom stereocenters. The summed E-state index contributed by atoms with van der Waals surface area (Å²) in [6, 6.07) is 0. The van der Waals surface area contributed by atoms with Crippen LogP contribution in [0.1, 0.15) is 142 Å². The van der Waals surface area contributed by atoms with E-state index < -0.39 is 59.8 Å². The molecule has 0 aromatic rings. The van der Waals surface area contributed by atoms with Crippen LogP contribution in [-0.4, -0.2) is 97.5 Å². The summed E-state index contributed by atoms with van der Waals surface area (Å²) in [5.74, 6) is -0.431. The van der Waals surface area contributed by atoms with Gasteiger partial charge >= 0.3 is 16.4 Å². The monoisotopic (exact) mass is 893 g/mol. The molecule has 1 saturated heterocycles. The van der Waals surface area contributed by atoms with Crippen molar-refractivity contribution in [2.75, 3.05) is 26.4 Å². The predicted octanol–water partition coefficient (Wildman–Crippen LogP) is 9.85. The van der Waals surface area contributed by atoms with Gasteiger partial charge in [0, 0.05) is 13.0 Å². The van der Waals surface area contributed by atoms with Crippen LogP contribution < -0.4 is 0 Å². The summed E-state index contributed by atoms with van der Waals surface area (Å²) in [7, 11) is -5.07. The molecule has 1 heterocycles. The smallest absolute Gasteiger partial charge is 0.397 e. The normalized spacial score (nSPS) is 20.9. The molecule has 12 nitrogen and oxygen atoms in total. The Morgan fingerprint density at radius 3 is 1.65 bits per heavy atom. The molecule has 354 valence electrons. The molecular weight excluding hydrogens is 813 g/mol. The first-order valence-electron chi connectivity index (χ1n) is 23.0. The number of rotatable bonds is 38. The highest BCUT2D eigenvalue weighted by molar-refractivity contribution is 7.80. The number of hydrogen-bond donors (Lipinski definition) is 4. The molecule has 62 heavy (non-hydrogen) atoms. The summed E-state index contributed by atoms with van der Waals surface area (Å²) in [5.41, 5.74) is 0. The minimum atomic E-state index is -5.07. The number of esters is 1. The second kappa shape index (κ2) is 39.6. The van der Waals surface area contributed by atoms with Crippen LogP contribution in [0.25, 0.3) is 0 Å². The Morgan fingerprint density at radius 2 is 1.11 bits per heavy atom. The lowest BCUT2D eigenvalue weighted by molar-refractivity contribution is -0.301. The Kier molecular flexibility index (Phi) is 36.4. The summed E-state index contributed by atoms with van der Waals surface area (Å²) < 4.78 is 58.9. The molecule has 1 fully saturated rings. The third-order valence-corrected chi connectivity index (χ3v) is 10.2. The van der Waals surface area contributed by atoms with Crippen molar-refractivity contribution in [3.8, 4) is 0 Å². The summed E-state index contributed by atoms with van der Waals surface area (Å²) in [4.78, 5) is 12.8. The zero-order valence-electron chi connectivity index (χ0n) is 37.6. The summed E-state index contributed by atoms with van der Waals surface area (Å²) >= 11 is 0. The van der Waals surface area contributed by atoms with Gasteiger partial charge in [-0.2, -0.15) is 8.42 Å². The van der Waals surface area contributed by atoms with Gasteiger partial charge in [0.25, 0.3) is 0 Å². The van der Waals surface area contributed by atoms with Gasteiger partial charge in [0.1, 0.15) is 30.5 Å². The topological polar surface area (TPSA) is 178 Å². The Balaban J connectivity index is 2.43. The lowest BCUT2D eigenvalue weighted by atomic mass is 9.99. The number of carbonyl (C=O) groups is 1. The Bertz CT molecular complexity index is 1450. The number of hydrogen-bond acceptors (Lipinski definition) is 11. The molecule has 13 heteroatoms. The highest BCUT2D eigenvalue weighted by atomic mass is 32.3. The molecule has 4 N–H and O–H groups in total. The summed E-state index contributed by atoms with van der Waals surface area (Å²) in [5, 5.41) is 30.6. The first-order valence-corrected chi connectivity index (χ1v) is 24.4. The van der Waals surface area contributed by atoms with E-state index in [0.29, 0.717) is 13.0 Å². The molecule has 1 rings (SSSR count). The van der Waals surface area contributed by atoms with Crippen molar-refractivity contribution in [2.24, 2.45) is 0 Å². The number of aliphatic hydroxyl groups is 3. The van der Waals surface area contributed by atoms with Crippen molar-refractivity contribution in [1.82, 2.24) is 0 Å². The highest BCUT2D eigenvalue weighted by Crippen LogP contribution is 2.26. The first kappa shape index (κ1) is 57.0. The summed E-state index contributed by atoms with van der Waals surface area (Å²) in [6.07, 6.45) is 44.5. The zero-order valence-corrected chi connectivity index (χ0v) is 38.5. The molecular formula is C49H80O12S. The van der Waals surface area contributed by atoms with Gasteiger partial charge in [-0.3, -0.25) is 9.35 Å². The van der Waals surface area contributed by atoms with E-state index in [0.717, 1.165) is 103 Å². The molecule has 0 aromatic carbocycles. The fraction of sp³-hybridized carbons (Fsp3) is 0.653. The van der Waals surface area contributed by atoms with Crippen molar-refractivity contribution >= 4 is 16.4 Å². The lowest BCUT2D eigenvalue weighted by Gasteiger charge is -2.41. The number of ether oxygens (including phenoxy) is 4. The maximum Gasteiger partial charge on any atom is 0.397 e. The first-order chi connectivity index (χ1) is 30.1. The van der Waals surface area contributed by atoms with E-state index in [2.05, 4.69) is 115 Å². The largest absolute Gasteiger partial charge is 0.457 e. The van der Waals surface area contributed by atoms with Crippen LogP contribution in [-0.2, 0) is 38.3 Å². The van der Waals surface area contributed by atoms with Crippen molar-refractivity contribution < 1.29 is 56.2 Å². The maximum absolute atomic E-state index is 12.8. The van der Waals surface area contributed by atoms with Crippen molar-refractivity contribution in [1.29, 1.82) is 0 Å². The molecule has 1 aliphatic heterocycles. The standard InChI is InChI=1S/C49H80O12S/c1-3-5-7-9-11-13-15-16-17-18-19-20-21-22-23-24-25-26-27-29-31-33-35-37-39-57-41-43(59-45(51)38-36-34-32-30-28-14-12-10-8-6-4-2)42-58-49-47(53)48(61-62(54,55)56)46(52)44(40-50)60-49/h5,7,10-13,16-17,19-20,22-23,25-26,29,31,43-44,46-50,52-53H,3-4,6,8-9,14-15,18,21,24,27-28,30,32-42H2,1-2H3,(H,54,55,56)/b7-5-,12-10-,13-11-,17-16-,20-19-,23-22-,26-25-,31-29-. The van der Waals surface area contributed by atoms with Crippen molar-refractivity contribution in [2.45, 2.75) is 179 Å². The van der Waals surface area contributed by atoms with E-state index >= 15 is 0 Å². The molecule has 1 aliphatic rings. The highest BCUT2D eigenvalue weighted by Gasteiger charge is 2.48. The zero-order chi connectivity index (χ0) is 45.4. The van der Waals surface area contributed by atoms with Crippen LogP contribution in [0, 0.1) is 0 Å². The van der Waals surface area contributed by atoms with Gasteiger partial charge in [0.05, 0.1) is 19.8 Å². The van der Waals surface area contributed by atoms with E-state index in [-0.39, 0.29) is 19.6 Å². The van der Waals surface area contributed by atoms with E-state index in [9.17, 15) is 28.5 Å². The third-order valence-electron chi connectivity index (χ3n) is 9.69. The number of carbonyl (C=O) groups excluding carboxylic acids is 1.